The molecule has 5 aromatic rings. The molecule has 1 N–H and O–H groups in total. The van der Waals surface area contributed by atoms with Crippen LogP contribution in [-0.4, -0.2) is 55.6 Å². The molecule has 0 saturated carbocycles. The molecule has 0 spiro atoms. The number of nitrogens with zero attached hydrogens (tertiary/aromatic N) is 4. The second kappa shape index (κ2) is 11.7. The molecule has 0 bridgehead atoms. The second-order valence-electron chi connectivity index (χ2n) is 12.3. The minimum Gasteiger partial charge on any atom is -0.497 e. The number of hydrogen-bond donors (Lipinski definition) is 1. The Morgan fingerprint density at radius 1 is 0.936 bits per heavy atom. The summed E-state index contributed by atoms with van der Waals surface area (Å²) >= 11 is 6.58. The van der Waals surface area contributed by atoms with Crippen molar-refractivity contribution in [1.82, 2.24) is 19.5 Å². The maximum Gasteiger partial charge on any atom is 0.205 e. The van der Waals surface area contributed by atoms with Gasteiger partial charge in [0.25, 0.3) is 0 Å². The summed E-state index contributed by atoms with van der Waals surface area (Å²) in [4.78, 5) is 14.3. The quantitative estimate of drug-likeness (QED) is 0.107. The van der Waals surface area contributed by atoms with Crippen molar-refractivity contribution in [3.8, 4) is 18.1 Å². The summed E-state index contributed by atoms with van der Waals surface area (Å²) in [5.41, 5.74) is 0.987. The summed E-state index contributed by atoms with van der Waals surface area (Å²) in [5, 5.41) is 3.82. The van der Waals surface area contributed by atoms with Crippen molar-refractivity contribution < 1.29 is 18.9 Å². The smallest absolute Gasteiger partial charge is 0.205 e. The van der Waals surface area contributed by atoms with Gasteiger partial charge in [-0.15, -0.1) is 18.0 Å². The molecule has 7 rings (SSSR count). The van der Waals surface area contributed by atoms with E-state index in [1.807, 2.05) is 73.9 Å². The monoisotopic (exact) mass is 649 g/mol. The molecule has 3 aromatic carbocycles. The van der Waals surface area contributed by atoms with Gasteiger partial charge in [-0.05, 0) is 49.1 Å². The first kappa shape index (κ1) is 31.2. The highest BCUT2D eigenvalue weighted by Gasteiger charge is 2.71. The van der Waals surface area contributed by atoms with Crippen LogP contribution in [0.3, 0.4) is 0 Å². The third-order valence-corrected chi connectivity index (χ3v) is 9.75. The van der Waals surface area contributed by atoms with E-state index in [0.29, 0.717) is 23.4 Å². The van der Waals surface area contributed by atoms with Crippen molar-refractivity contribution in [2.24, 2.45) is 0 Å². The Balaban J connectivity index is 1.41. The van der Waals surface area contributed by atoms with E-state index >= 15 is 0 Å². The second-order valence-corrected chi connectivity index (χ2v) is 12.6. The number of imidazole rings is 1. The van der Waals surface area contributed by atoms with Gasteiger partial charge >= 0.3 is 0 Å². The Hall–Kier alpha value is -4.46. The topological polar surface area (TPSA) is 92.6 Å². The summed E-state index contributed by atoms with van der Waals surface area (Å²) in [7, 11) is 1.66. The Morgan fingerprint density at radius 2 is 1.57 bits per heavy atom. The van der Waals surface area contributed by atoms with E-state index < -0.39 is 34.9 Å². The highest BCUT2D eigenvalue weighted by molar-refractivity contribution is 6.18. The molecule has 0 aliphatic carbocycles. The molecule has 2 aliphatic heterocycles. The van der Waals surface area contributed by atoms with E-state index in [0.717, 1.165) is 22.4 Å². The summed E-state index contributed by atoms with van der Waals surface area (Å²) in [6.07, 6.45) is 8.57. The highest BCUT2D eigenvalue weighted by Crippen LogP contribution is 2.56. The number of halogens is 1. The van der Waals surface area contributed by atoms with Gasteiger partial charge in [0.05, 0.1) is 19.3 Å². The van der Waals surface area contributed by atoms with Crippen LogP contribution in [0, 0.1) is 12.3 Å². The molecular weight excluding hydrogens is 614 g/mol. The van der Waals surface area contributed by atoms with E-state index in [2.05, 4.69) is 52.6 Å². The summed E-state index contributed by atoms with van der Waals surface area (Å²) in [6, 6.07) is 28.5. The minimum absolute atomic E-state index is 0.167. The number of methoxy groups -OCH3 is 1. The number of ether oxygens (including phenoxy) is 4. The molecule has 47 heavy (non-hydrogen) atoms. The zero-order valence-corrected chi connectivity index (χ0v) is 27.4. The van der Waals surface area contributed by atoms with Crippen molar-refractivity contribution in [1.29, 1.82) is 0 Å². The number of anilines is 1. The predicted octanol–water partition coefficient (Wildman–Crippen LogP) is 6.68. The van der Waals surface area contributed by atoms with Crippen molar-refractivity contribution in [2.45, 2.75) is 62.1 Å². The van der Waals surface area contributed by atoms with Crippen LogP contribution in [0.4, 0.5) is 5.82 Å². The molecular formula is C37H36ClN5O4. The van der Waals surface area contributed by atoms with Gasteiger partial charge in [0.15, 0.2) is 29.0 Å². The van der Waals surface area contributed by atoms with Crippen molar-refractivity contribution in [2.75, 3.05) is 18.3 Å². The standard InChI is InChI=1S/C37H36ClN5O4/c1-6-35(22-38)32-36(7-2,47-34(3,4)45-32)33(46-35)43-24-41-29-30(39-23-40-31(29)43)42-37(25-14-10-8-11-15-25,26-16-12-9-13-17-26)27-18-20-28(44-5)21-19-27/h2,8-21,23-24,32-33H,6,22H2,1,3-5H3,(H,39,40,42)/t32-,33?,35+,36-/m1/s1. The van der Waals surface area contributed by atoms with Crippen LogP contribution in [0.25, 0.3) is 11.2 Å². The Morgan fingerprint density at radius 3 is 2.15 bits per heavy atom. The summed E-state index contributed by atoms with van der Waals surface area (Å²) in [5.74, 6) is 3.39. The molecule has 0 radical (unpaired) electrons. The lowest BCUT2D eigenvalue weighted by Crippen LogP contribution is -2.49. The maximum atomic E-state index is 6.73. The average Bonchev–Trinajstić information content (AvgIpc) is 3.75. The Kier molecular flexibility index (Phi) is 7.72. The van der Waals surface area contributed by atoms with Gasteiger partial charge in [-0.2, -0.15) is 0 Å². The molecule has 2 fully saturated rings. The fourth-order valence-corrected chi connectivity index (χ4v) is 7.43. The number of terminal acetylenes is 1. The average molecular weight is 650 g/mol. The number of alkyl halides is 1. The van der Waals surface area contributed by atoms with Gasteiger partial charge in [-0.25, -0.2) is 15.0 Å². The number of benzene rings is 3. The lowest BCUT2D eigenvalue weighted by Gasteiger charge is -2.37. The van der Waals surface area contributed by atoms with E-state index in [4.69, 9.17) is 46.9 Å². The first-order valence-electron chi connectivity index (χ1n) is 15.6. The summed E-state index contributed by atoms with van der Waals surface area (Å²) in [6.45, 7) is 5.69. The zero-order valence-electron chi connectivity index (χ0n) is 26.7. The third-order valence-electron chi connectivity index (χ3n) is 9.30. The van der Waals surface area contributed by atoms with Gasteiger partial charge in [0.1, 0.15) is 29.3 Å². The first-order chi connectivity index (χ1) is 22.8. The van der Waals surface area contributed by atoms with Gasteiger partial charge in [-0.1, -0.05) is 85.6 Å². The maximum absolute atomic E-state index is 6.73. The molecule has 10 heteroatoms. The summed E-state index contributed by atoms with van der Waals surface area (Å²) < 4.78 is 26.9. The van der Waals surface area contributed by atoms with Crippen LogP contribution < -0.4 is 10.1 Å². The van der Waals surface area contributed by atoms with E-state index in [-0.39, 0.29) is 5.88 Å². The third kappa shape index (κ3) is 4.78. The van der Waals surface area contributed by atoms with E-state index in [9.17, 15) is 0 Å². The highest BCUT2D eigenvalue weighted by atomic mass is 35.5. The Bertz CT molecular complexity index is 1880. The number of nitrogens with one attached hydrogen (secondary N) is 1. The predicted molar refractivity (Wildman–Crippen MR) is 180 cm³/mol. The van der Waals surface area contributed by atoms with Crippen molar-refractivity contribution >= 4 is 28.6 Å². The van der Waals surface area contributed by atoms with Crippen LogP contribution in [-0.2, 0) is 19.7 Å². The van der Waals surface area contributed by atoms with Gasteiger partial charge in [0, 0.05) is 0 Å². The Labute approximate surface area is 279 Å². The molecule has 0 amide bonds. The van der Waals surface area contributed by atoms with Gasteiger partial charge < -0.3 is 24.3 Å². The molecule has 240 valence electrons. The van der Waals surface area contributed by atoms with Gasteiger partial charge in [0.2, 0.25) is 5.60 Å². The first-order valence-corrected chi connectivity index (χ1v) is 16.1. The zero-order chi connectivity index (χ0) is 32.9. The van der Waals surface area contributed by atoms with E-state index in [1.165, 1.54) is 6.33 Å². The lowest BCUT2D eigenvalue weighted by atomic mass is 9.77. The molecule has 2 saturated heterocycles. The van der Waals surface area contributed by atoms with Crippen molar-refractivity contribution in [3.05, 3.63) is 114 Å². The van der Waals surface area contributed by atoms with Crippen LogP contribution >= 0.6 is 11.6 Å². The molecule has 1 unspecified atom stereocenters. The molecule has 2 aromatic heterocycles. The lowest BCUT2D eigenvalue weighted by molar-refractivity contribution is -0.224. The van der Waals surface area contributed by atoms with E-state index in [1.54, 1.807) is 13.4 Å². The minimum atomic E-state index is -1.28. The normalized spacial score (nSPS) is 24.9. The number of fused-ring (bicyclic) bond motifs is 2. The van der Waals surface area contributed by atoms with Crippen molar-refractivity contribution in [3.63, 3.8) is 0 Å². The molecule has 4 heterocycles. The fraction of sp³-hybridized carbons (Fsp3) is 0.324. The SMILES string of the molecule is C#C[C@@]12OC(C)(C)O[C@@H]1[C@](CC)(CCl)OC2n1cnc2c(NC(c3ccccc3)(c3ccccc3)c3ccc(OC)cc3)ncnc21. The van der Waals surface area contributed by atoms with Crippen LogP contribution in [0.2, 0.25) is 0 Å². The fourth-order valence-electron chi connectivity index (χ4n) is 7.04. The molecule has 2 aliphatic rings. The number of rotatable bonds is 9. The van der Waals surface area contributed by atoms with Crippen LogP contribution in [0.15, 0.2) is 97.6 Å². The van der Waals surface area contributed by atoms with Gasteiger partial charge in [-0.3, -0.25) is 4.57 Å². The molecule has 9 nitrogen and oxygen atoms in total. The largest absolute Gasteiger partial charge is 0.497 e. The number of hydrogen-bond acceptors (Lipinski definition) is 8. The number of aromatic nitrogens is 4. The van der Waals surface area contributed by atoms with Crippen LogP contribution in [0.1, 0.15) is 50.1 Å². The molecule has 4 atom stereocenters. The van der Waals surface area contributed by atoms with Crippen LogP contribution in [0.5, 0.6) is 5.75 Å².